The average molecular weight is 208 g/mol. The third-order valence-corrected chi connectivity index (χ3v) is 1.92. The van der Waals surface area contributed by atoms with Crippen molar-refractivity contribution in [3.05, 3.63) is 41.3 Å². The second-order valence-electron chi connectivity index (χ2n) is 2.67. The van der Waals surface area contributed by atoms with Crippen molar-refractivity contribution < 1.29 is 4.79 Å². The van der Waals surface area contributed by atoms with Crippen LogP contribution in [0.1, 0.15) is 10.4 Å². The molecule has 0 atom stereocenters. The van der Waals surface area contributed by atoms with Gasteiger partial charge in [-0.1, -0.05) is 11.6 Å². The molecule has 2 aromatic heterocycles. The Balaban J connectivity index is 2.43. The lowest BCUT2D eigenvalue weighted by Gasteiger charge is -1.98. The van der Waals surface area contributed by atoms with Crippen LogP contribution in [0.15, 0.2) is 30.7 Å². The molecule has 14 heavy (non-hydrogen) atoms. The molecule has 0 radical (unpaired) electrons. The molecule has 0 N–H and O–H groups in total. The van der Waals surface area contributed by atoms with Gasteiger partial charge in [-0.15, -0.1) is 0 Å². The van der Waals surface area contributed by atoms with Crippen LogP contribution < -0.4 is 0 Å². The van der Waals surface area contributed by atoms with Gasteiger partial charge in [0.2, 0.25) is 0 Å². The fourth-order valence-electron chi connectivity index (χ4n) is 1.04. The van der Waals surface area contributed by atoms with Crippen LogP contribution in [0.25, 0.3) is 5.82 Å². The lowest BCUT2D eigenvalue weighted by atomic mass is 10.4. The van der Waals surface area contributed by atoms with Gasteiger partial charge in [0.25, 0.3) is 0 Å². The van der Waals surface area contributed by atoms with Gasteiger partial charge in [0.15, 0.2) is 12.1 Å². The van der Waals surface area contributed by atoms with E-state index in [1.165, 1.54) is 10.9 Å². The minimum Gasteiger partial charge on any atom is -0.298 e. The number of carbonyl (C=O) groups excluding carboxylic acids is 1. The first kappa shape index (κ1) is 8.90. The maximum Gasteiger partial charge on any atom is 0.154 e. The maximum atomic E-state index is 10.4. The summed E-state index contributed by atoms with van der Waals surface area (Å²) in [4.78, 5) is 14.5. The van der Waals surface area contributed by atoms with Crippen LogP contribution >= 0.6 is 11.6 Å². The number of hydrogen-bond acceptors (Lipinski definition) is 3. The van der Waals surface area contributed by atoms with Crippen LogP contribution in [-0.4, -0.2) is 21.1 Å². The molecule has 70 valence electrons. The molecule has 2 aromatic rings. The topological polar surface area (TPSA) is 47.8 Å². The molecule has 0 aliphatic carbocycles. The monoisotopic (exact) mass is 207 g/mol. The summed E-state index contributed by atoms with van der Waals surface area (Å²) >= 11 is 5.78. The van der Waals surface area contributed by atoms with E-state index in [1.807, 2.05) is 0 Å². The average Bonchev–Trinajstić information content (AvgIpc) is 2.66. The van der Waals surface area contributed by atoms with Crippen molar-refractivity contribution in [3.63, 3.8) is 0 Å². The number of halogens is 1. The van der Waals surface area contributed by atoms with Crippen LogP contribution in [0, 0.1) is 0 Å². The molecule has 4 nitrogen and oxygen atoms in total. The minimum atomic E-state index is 0.506. The van der Waals surface area contributed by atoms with E-state index in [2.05, 4.69) is 10.1 Å². The third-order valence-electron chi connectivity index (χ3n) is 1.68. The summed E-state index contributed by atoms with van der Waals surface area (Å²) in [6.45, 7) is 0. The van der Waals surface area contributed by atoms with Gasteiger partial charge in [0.1, 0.15) is 0 Å². The molecule has 0 saturated carbocycles. The number of carbonyl (C=O) groups is 1. The van der Waals surface area contributed by atoms with Crippen LogP contribution in [-0.2, 0) is 0 Å². The first-order valence-electron chi connectivity index (χ1n) is 3.91. The molecule has 0 aliphatic rings. The van der Waals surface area contributed by atoms with Crippen molar-refractivity contribution in [2.24, 2.45) is 0 Å². The van der Waals surface area contributed by atoms with Gasteiger partial charge in [-0.3, -0.25) is 4.79 Å². The van der Waals surface area contributed by atoms with Crippen LogP contribution in [0.4, 0.5) is 0 Å². The van der Waals surface area contributed by atoms with E-state index < -0.39 is 0 Å². The zero-order valence-electron chi connectivity index (χ0n) is 7.09. The number of aromatic nitrogens is 3. The quantitative estimate of drug-likeness (QED) is 0.705. The molecule has 0 aromatic carbocycles. The first-order chi connectivity index (χ1) is 6.79. The number of hydrogen-bond donors (Lipinski definition) is 0. The van der Waals surface area contributed by atoms with Gasteiger partial charge >= 0.3 is 0 Å². The summed E-state index contributed by atoms with van der Waals surface area (Å²) < 4.78 is 1.50. The SMILES string of the molecule is O=Cc1cnn(-c2cc(Cl)ccn2)c1. The Bertz CT molecular complexity index is 467. The molecule has 0 amide bonds. The number of pyridine rings is 1. The second-order valence-corrected chi connectivity index (χ2v) is 3.10. The van der Waals surface area contributed by atoms with Crippen molar-refractivity contribution in [3.8, 4) is 5.82 Å². The largest absolute Gasteiger partial charge is 0.298 e. The second kappa shape index (κ2) is 3.59. The fourth-order valence-corrected chi connectivity index (χ4v) is 1.20. The third kappa shape index (κ3) is 1.65. The minimum absolute atomic E-state index is 0.506. The molecule has 0 spiro atoms. The zero-order chi connectivity index (χ0) is 9.97. The molecule has 0 unspecified atom stereocenters. The Labute approximate surface area is 85.1 Å². The highest BCUT2D eigenvalue weighted by Gasteiger charge is 2.01. The van der Waals surface area contributed by atoms with Gasteiger partial charge < -0.3 is 0 Å². The maximum absolute atomic E-state index is 10.4. The summed E-state index contributed by atoms with van der Waals surface area (Å²) in [6, 6.07) is 3.35. The molecule has 5 heteroatoms. The predicted octanol–water partition coefficient (Wildman–Crippen LogP) is 1.73. The molecular weight excluding hydrogens is 202 g/mol. The van der Waals surface area contributed by atoms with E-state index in [1.54, 1.807) is 24.5 Å². The van der Waals surface area contributed by atoms with E-state index in [0.717, 1.165) is 6.29 Å². The Hall–Kier alpha value is -1.68. The number of rotatable bonds is 2. The Morgan fingerprint density at radius 1 is 1.50 bits per heavy atom. The van der Waals surface area contributed by atoms with Crippen molar-refractivity contribution >= 4 is 17.9 Å². The Morgan fingerprint density at radius 2 is 2.36 bits per heavy atom. The first-order valence-corrected chi connectivity index (χ1v) is 4.29. The van der Waals surface area contributed by atoms with E-state index >= 15 is 0 Å². The normalized spacial score (nSPS) is 10.1. The lowest BCUT2D eigenvalue weighted by Crippen LogP contribution is -1.96. The number of nitrogens with zero attached hydrogens (tertiary/aromatic N) is 3. The number of aldehydes is 1. The highest BCUT2D eigenvalue weighted by Crippen LogP contribution is 2.11. The summed E-state index contributed by atoms with van der Waals surface area (Å²) in [5.41, 5.74) is 0.506. The highest BCUT2D eigenvalue weighted by molar-refractivity contribution is 6.30. The molecule has 2 heterocycles. The molecule has 0 saturated heterocycles. The van der Waals surface area contributed by atoms with E-state index in [0.29, 0.717) is 16.4 Å². The van der Waals surface area contributed by atoms with Crippen molar-refractivity contribution in [1.29, 1.82) is 0 Å². The Kier molecular flexibility index (Phi) is 2.28. The highest BCUT2D eigenvalue weighted by atomic mass is 35.5. The summed E-state index contributed by atoms with van der Waals surface area (Å²) in [6.07, 6.45) is 5.37. The summed E-state index contributed by atoms with van der Waals surface area (Å²) in [5, 5.41) is 4.54. The molecule has 0 bridgehead atoms. The standard InChI is InChI=1S/C9H6ClN3O/c10-8-1-2-11-9(3-8)13-5-7(6-14)4-12-13/h1-6H. The Morgan fingerprint density at radius 3 is 3.00 bits per heavy atom. The summed E-state index contributed by atoms with van der Waals surface area (Å²) in [7, 11) is 0. The summed E-state index contributed by atoms with van der Waals surface area (Å²) in [5.74, 6) is 0.589. The van der Waals surface area contributed by atoms with Crippen LogP contribution in [0.2, 0.25) is 5.02 Å². The van der Waals surface area contributed by atoms with Gasteiger partial charge in [-0.25, -0.2) is 9.67 Å². The smallest absolute Gasteiger partial charge is 0.154 e. The van der Waals surface area contributed by atoms with Crippen LogP contribution in [0.5, 0.6) is 0 Å². The van der Waals surface area contributed by atoms with E-state index in [9.17, 15) is 4.79 Å². The van der Waals surface area contributed by atoms with Crippen molar-refractivity contribution in [2.45, 2.75) is 0 Å². The molecule has 0 aliphatic heterocycles. The van der Waals surface area contributed by atoms with E-state index in [4.69, 9.17) is 11.6 Å². The molecular formula is C9H6ClN3O. The van der Waals surface area contributed by atoms with Gasteiger partial charge in [-0.05, 0) is 6.07 Å². The predicted molar refractivity (Wildman–Crippen MR) is 51.8 cm³/mol. The van der Waals surface area contributed by atoms with E-state index in [-0.39, 0.29) is 0 Å². The zero-order valence-corrected chi connectivity index (χ0v) is 7.85. The lowest BCUT2D eigenvalue weighted by molar-refractivity contribution is 0.112. The molecule has 2 rings (SSSR count). The van der Waals surface area contributed by atoms with Gasteiger partial charge in [0.05, 0.1) is 11.8 Å². The van der Waals surface area contributed by atoms with Crippen molar-refractivity contribution in [1.82, 2.24) is 14.8 Å². The van der Waals surface area contributed by atoms with Crippen LogP contribution in [0.3, 0.4) is 0 Å². The molecule has 0 fully saturated rings. The fraction of sp³-hybridized carbons (Fsp3) is 0. The van der Waals surface area contributed by atoms with Gasteiger partial charge in [0, 0.05) is 23.5 Å². The van der Waals surface area contributed by atoms with Gasteiger partial charge in [-0.2, -0.15) is 5.10 Å². The van der Waals surface area contributed by atoms with Crippen molar-refractivity contribution in [2.75, 3.05) is 0 Å².